The number of aromatic nitrogens is 2. The van der Waals surface area contributed by atoms with Gasteiger partial charge in [-0.05, 0) is 49.6 Å². The number of ether oxygens (including phenoxy) is 1. The highest BCUT2D eigenvalue weighted by molar-refractivity contribution is 6.00. The van der Waals surface area contributed by atoms with E-state index in [1.54, 1.807) is 37.0 Å². The van der Waals surface area contributed by atoms with Crippen LogP contribution in [0.25, 0.3) is 27.7 Å². The largest absolute Gasteiger partial charge is 0.493 e. The van der Waals surface area contributed by atoms with E-state index in [9.17, 15) is 9.18 Å². The van der Waals surface area contributed by atoms with Crippen molar-refractivity contribution in [2.75, 3.05) is 13.2 Å². The number of nitrogens with zero attached hydrogens (tertiary/aromatic N) is 2. The summed E-state index contributed by atoms with van der Waals surface area (Å²) in [4.78, 5) is 16.5. The maximum Gasteiger partial charge on any atom is 0.244 e. The summed E-state index contributed by atoms with van der Waals surface area (Å²) in [6.45, 7) is 5.63. The maximum absolute atomic E-state index is 13.4. The molecule has 2 aromatic heterocycles. The Hall–Kier alpha value is -3.87. The smallest absolute Gasteiger partial charge is 0.244 e. The molecule has 0 aliphatic carbocycles. The molecule has 0 fully saturated rings. The van der Waals surface area contributed by atoms with Gasteiger partial charge in [-0.3, -0.25) is 4.79 Å². The first-order chi connectivity index (χ1) is 16.0. The number of imidazole rings is 1. The van der Waals surface area contributed by atoms with Gasteiger partial charge in [-0.1, -0.05) is 12.1 Å². The average Bonchev–Trinajstić information content (AvgIpc) is 3.47. The standard InChI is InChI=1S/C26H26FN3O3/c1-3-32-24-15-25-22(23(16-33-25)19-5-7-20(27)8-6-19)14-21(24)18(2)13-26(31)29-9-4-11-30-12-10-28-17-30/h5-8,10,12-17H,3-4,9,11H2,1-2H3,(H,29,31)/b18-13+. The summed E-state index contributed by atoms with van der Waals surface area (Å²) in [5.41, 5.74) is 3.95. The second kappa shape index (κ2) is 10.2. The van der Waals surface area contributed by atoms with Gasteiger partial charge in [0.25, 0.3) is 0 Å². The summed E-state index contributed by atoms with van der Waals surface area (Å²) in [6.07, 6.45) is 9.43. The summed E-state index contributed by atoms with van der Waals surface area (Å²) in [6, 6.07) is 10.1. The van der Waals surface area contributed by atoms with E-state index in [1.807, 2.05) is 36.7 Å². The van der Waals surface area contributed by atoms with E-state index in [0.717, 1.165) is 40.6 Å². The lowest BCUT2D eigenvalue weighted by Crippen LogP contribution is -2.23. The van der Waals surface area contributed by atoms with Crippen molar-refractivity contribution in [3.8, 4) is 16.9 Å². The van der Waals surface area contributed by atoms with E-state index in [1.165, 1.54) is 12.1 Å². The number of hydrogen-bond donors (Lipinski definition) is 1. The van der Waals surface area contributed by atoms with E-state index < -0.39 is 0 Å². The molecule has 1 amide bonds. The van der Waals surface area contributed by atoms with Crippen molar-refractivity contribution in [3.05, 3.63) is 78.8 Å². The fourth-order valence-electron chi connectivity index (χ4n) is 3.71. The van der Waals surface area contributed by atoms with Crippen molar-refractivity contribution in [1.29, 1.82) is 0 Å². The number of amides is 1. The van der Waals surface area contributed by atoms with Gasteiger partial charge in [0.2, 0.25) is 5.91 Å². The van der Waals surface area contributed by atoms with Crippen LogP contribution in [-0.2, 0) is 11.3 Å². The number of furan rings is 1. The molecule has 33 heavy (non-hydrogen) atoms. The minimum absolute atomic E-state index is 0.161. The molecule has 0 spiro atoms. The number of rotatable bonds is 9. The first-order valence-corrected chi connectivity index (χ1v) is 10.9. The minimum atomic E-state index is -0.291. The fraction of sp³-hybridized carbons (Fsp3) is 0.231. The highest BCUT2D eigenvalue weighted by Gasteiger charge is 2.15. The van der Waals surface area contributed by atoms with Gasteiger partial charge in [0.05, 0.1) is 19.2 Å². The molecule has 0 atom stereocenters. The fourth-order valence-corrected chi connectivity index (χ4v) is 3.71. The minimum Gasteiger partial charge on any atom is -0.493 e. The van der Waals surface area contributed by atoms with Crippen molar-refractivity contribution in [1.82, 2.24) is 14.9 Å². The van der Waals surface area contributed by atoms with Crippen LogP contribution in [0, 0.1) is 5.82 Å². The topological polar surface area (TPSA) is 69.3 Å². The van der Waals surface area contributed by atoms with Gasteiger partial charge < -0.3 is 19.0 Å². The van der Waals surface area contributed by atoms with Gasteiger partial charge in [0.1, 0.15) is 17.1 Å². The molecule has 0 aliphatic rings. The van der Waals surface area contributed by atoms with E-state index >= 15 is 0 Å². The number of fused-ring (bicyclic) bond motifs is 1. The average molecular weight is 448 g/mol. The Balaban J connectivity index is 1.56. The van der Waals surface area contributed by atoms with Crippen LogP contribution in [0.15, 0.2) is 71.9 Å². The number of carbonyl (C=O) groups is 1. The zero-order valence-corrected chi connectivity index (χ0v) is 18.7. The lowest BCUT2D eigenvalue weighted by atomic mass is 9.99. The molecule has 6 nitrogen and oxygen atoms in total. The van der Waals surface area contributed by atoms with E-state index in [2.05, 4.69) is 10.3 Å². The lowest BCUT2D eigenvalue weighted by molar-refractivity contribution is -0.116. The van der Waals surface area contributed by atoms with Crippen molar-refractivity contribution < 1.29 is 18.3 Å². The molecule has 0 saturated carbocycles. The number of hydrogen-bond acceptors (Lipinski definition) is 4. The van der Waals surface area contributed by atoms with Crippen LogP contribution in [-0.4, -0.2) is 28.6 Å². The quantitative estimate of drug-likeness (QED) is 0.274. The SMILES string of the molecule is CCOc1cc2occ(-c3ccc(F)cc3)c2cc1/C(C)=C/C(=O)NCCCn1ccnc1. The lowest BCUT2D eigenvalue weighted by Gasteiger charge is -2.12. The second-order valence-corrected chi connectivity index (χ2v) is 7.71. The highest BCUT2D eigenvalue weighted by Crippen LogP contribution is 2.37. The molecule has 0 unspecified atom stereocenters. The van der Waals surface area contributed by atoms with Crippen LogP contribution in [0.5, 0.6) is 5.75 Å². The van der Waals surface area contributed by atoms with Gasteiger partial charge in [0.15, 0.2) is 0 Å². The zero-order valence-electron chi connectivity index (χ0n) is 18.7. The van der Waals surface area contributed by atoms with Crippen molar-refractivity contribution in [2.24, 2.45) is 0 Å². The Labute approximate surface area is 191 Å². The second-order valence-electron chi connectivity index (χ2n) is 7.71. The summed E-state index contributed by atoms with van der Waals surface area (Å²) in [5, 5.41) is 3.80. The maximum atomic E-state index is 13.4. The van der Waals surface area contributed by atoms with Crippen LogP contribution in [0.4, 0.5) is 4.39 Å². The Morgan fingerprint density at radius 3 is 2.82 bits per heavy atom. The molecule has 170 valence electrons. The van der Waals surface area contributed by atoms with Gasteiger partial charge in [0, 0.05) is 54.1 Å². The predicted molar refractivity (Wildman–Crippen MR) is 126 cm³/mol. The zero-order chi connectivity index (χ0) is 23.2. The normalized spacial score (nSPS) is 11.7. The Morgan fingerprint density at radius 2 is 2.09 bits per heavy atom. The van der Waals surface area contributed by atoms with Crippen LogP contribution < -0.4 is 10.1 Å². The third-order valence-corrected chi connectivity index (χ3v) is 5.35. The first kappa shape index (κ1) is 22.3. The number of nitrogens with one attached hydrogen (secondary N) is 1. The third-order valence-electron chi connectivity index (χ3n) is 5.35. The van der Waals surface area contributed by atoms with Crippen molar-refractivity contribution >= 4 is 22.4 Å². The number of carbonyl (C=O) groups excluding carboxylic acids is 1. The van der Waals surface area contributed by atoms with Gasteiger partial charge in [-0.15, -0.1) is 0 Å². The van der Waals surface area contributed by atoms with E-state index in [4.69, 9.17) is 9.15 Å². The molecule has 0 radical (unpaired) electrons. The molecular weight excluding hydrogens is 421 g/mol. The first-order valence-electron chi connectivity index (χ1n) is 10.9. The van der Waals surface area contributed by atoms with Gasteiger partial charge in [-0.2, -0.15) is 0 Å². The number of halogens is 1. The Morgan fingerprint density at radius 1 is 1.27 bits per heavy atom. The molecule has 4 aromatic rings. The summed E-state index contributed by atoms with van der Waals surface area (Å²) in [5.74, 6) is 0.193. The molecule has 7 heteroatoms. The van der Waals surface area contributed by atoms with Crippen LogP contribution >= 0.6 is 0 Å². The monoisotopic (exact) mass is 447 g/mol. The number of aryl methyl sites for hydroxylation is 1. The summed E-state index contributed by atoms with van der Waals surface area (Å²) in [7, 11) is 0. The molecule has 2 aromatic carbocycles. The molecular formula is C26H26FN3O3. The highest BCUT2D eigenvalue weighted by atomic mass is 19.1. The van der Waals surface area contributed by atoms with E-state index in [0.29, 0.717) is 24.5 Å². The molecule has 0 aliphatic heterocycles. The van der Waals surface area contributed by atoms with Crippen LogP contribution in [0.1, 0.15) is 25.8 Å². The number of benzene rings is 2. The Kier molecular flexibility index (Phi) is 6.88. The summed E-state index contributed by atoms with van der Waals surface area (Å²) >= 11 is 0. The van der Waals surface area contributed by atoms with E-state index in [-0.39, 0.29) is 11.7 Å². The number of allylic oxidation sites excluding steroid dienone is 1. The van der Waals surface area contributed by atoms with Gasteiger partial charge >= 0.3 is 0 Å². The Bertz CT molecular complexity index is 1260. The molecule has 2 heterocycles. The third kappa shape index (κ3) is 5.31. The van der Waals surface area contributed by atoms with Gasteiger partial charge in [-0.25, -0.2) is 9.37 Å². The molecule has 0 saturated heterocycles. The molecule has 4 rings (SSSR count). The molecule has 1 N–H and O–H groups in total. The van der Waals surface area contributed by atoms with Crippen molar-refractivity contribution in [3.63, 3.8) is 0 Å². The van der Waals surface area contributed by atoms with Crippen LogP contribution in [0.3, 0.4) is 0 Å². The van der Waals surface area contributed by atoms with Crippen LogP contribution in [0.2, 0.25) is 0 Å². The summed E-state index contributed by atoms with van der Waals surface area (Å²) < 4.78 is 26.9. The van der Waals surface area contributed by atoms with Crippen molar-refractivity contribution in [2.45, 2.75) is 26.8 Å². The molecule has 0 bridgehead atoms. The predicted octanol–water partition coefficient (Wildman–Crippen LogP) is 5.44.